The first-order chi connectivity index (χ1) is 14.2. The minimum Gasteiger partial charge on any atom is -0.425 e. The molecule has 0 saturated heterocycles. The molecular weight excluding hydrogens is 358 g/mol. The van der Waals surface area contributed by atoms with Gasteiger partial charge in [0.25, 0.3) is 0 Å². The third-order valence-electron chi connectivity index (χ3n) is 7.41. The lowest BCUT2D eigenvalue weighted by molar-refractivity contribution is -0.140. The van der Waals surface area contributed by atoms with E-state index in [0.717, 1.165) is 42.7 Å². The van der Waals surface area contributed by atoms with E-state index >= 15 is 0 Å². The first-order valence-corrected chi connectivity index (χ1v) is 12.4. The van der Waals surface area contributed by atoms with Crippen molar-refractivity contribution in [2.24, 2.45) is 23.7 Å². The highest BCUT2D eigenvalue weighted by molar-refractivity contribution is 5.75. The van der Waals surface area contributed by atoms with E-state index in [0.29, 0.717) is 5.75 Å². The number of aryl methyl sites for hydroxylation is 1. The van der Waals surface area contributed by atoms with Crippen LogP contribution >= 0.6 is 0 Å². The van der Waals surface area contributed by atoms with E-state index in [9.17, 15) is 4.79 Å². The molecule has 0 amide bonds. The zero-order valence-electron chi connectivity index (χ0n) is 18.7. The monoisotopic (exact) mass is 399 g/mol. The normalized spacial score (nSPS) is 27.5. The quantitative estimate of drug-likeness (QED) is 0.327. The van der Waals surface area contributed by atoms with Gasteiger partial charge in [0.15, 0.2) is 0 Å². The van der Waals surface area contributed by atoms with Crippen molar-refractivity contribution in [2.45, 2.75) is 104 Å². The van der Waals surface area contributed by atoms with Crippen molar-refractivity contribution >= 4 is 5.97 Å². The molecule has 0 atom stereocenters. The van der Waals surface area contributed by atoms with E-state index in [-0.39, 0.29) is 11.9 Å². The fraction of sp³-hybridized carbons (Fsp3) is 0.769. The van der Waals surface area contributed by atoms with Crippen LogP contribution in [0.1, 0.15) is 103 Å². The van der Waals surface area contributed by atoms with Crippen LogP contribution in [0.25, 0.3) is 0 Å². The maximum Gasteiger partial charge on any atom is 0.314 e. The molecule has 3 rings (SSSR count). The van der Waals surface area contributed by atoms with Crippen molar-refractivity contribution < 1.29 is 9.53 Å². The molecule has 2 aliphatic carbocycles. The number of hydrogen-bond acceptors (Lipinski definition) is 3. The van der Waals surface area contributed by atoms with Gasteiger partial charge >= 0.3 is 5.97 Å². The van der Waals surface area contributed by atoms with E-state index in [1.165, 1.54) is 70.6 Å². The van der Waals surface area contributed by atoms with Gasteiger partial charge in [-0.15, -0.1) is 0 Å². The Labute approximate surface area is 178 Å². The molecule has 29 heavy (non-hydrogen) atoms. The highest BCUT2D eigenvalue weighted by atomic mass is 16.5. The number of pyridine rings is 1. The number of ether oxygens (including phenoxy) is 1. The van der Waals surface area contributed by atoms with E-state index in [2.05, 4.69) is 18.8 Å². The minimum absolute atomic E-state index is 0.0457. The summed E-state index contributed by atoms with van der Waals surface area (Å²) in [6.07, 6.45) is 19.2. The fourth-order valence-electron chi connectivity index (χ4n) is 5.56. The lowest BCUT2D eigenvalue weighted by Crippen LogP contribution is -2.30. The summed E-state index contributed by atoms with van der Waals surface area (Å²) in [6, 6.07) is 3.91. The molecule has 1 aromatic heterocycles. The topological polar surface area (TPSA) is 39.2 Å². The van der Waals surface area contributed by atoms with E-state index in [4.69, 9.17) is 4.74 Å². The smallest absolute Gasteiger partial charge is 0.314 e. The second-order valence-corrected chi connectivity index (χ2v) is 9.54. The van der Waals surface area contributed by atoms with E-state index < -0.39 is 0 Å². The van der Waals surface area contributed by atoms with Crippen LogP contribution in [0.15, 0.2) is 18.3 Å². The Balaban J connectivity index is 1.39. The summed E-state index contributed by atoms with van der Waals surface area (Å²) in [5.41, 5.74) is 1.09. The summed E-state index contributed by atoms with van der Waals surface area (Å²) >= 11 is 0. The van der Waals surface area contributed by atoms with Gasteiger partial charge < -0.3 is 4.74 Å². The van der Waals surface area contributed by atoms with Crippen LogP contribution in [0, 0.1) is 23.7 Å². The molecule has 0 aromatic carbocycles. The van der Waals surface area contributed by atoms with Gasteiger partial charge in [-0.3, -0.25) is 9.78 Å². The minimum atomic E-state index is -0.0457. The first kappa shape index (κ1) is 22.3. The van der Waals surface area contributed by atoms with E-state index in [1.54, 1.807) is 6.20 Å². The van der Waals surface area contributed by atoms with Gasteiger partial charge in [0.05, 0.1) is 12.1 Å². The van der Waals surface area contributed by atoms with Crippen LogP contribution in [0.2, 0.25) is 0 Å². The maximum absolute atomic E-state index is 12.6. The molecule has 3 nitrogen and oxygen atoms in total. The average molecular weight is 400 g/mol. The Hall–Kier alpha value is -1.38. The first-order valence-electron chi connectivity index (χ1n) is 12.4. The highest BCUT2D eigenvalue weighted by Crippen LogP contribution is 2.42. The van der Waals surface area contributed by atoms with Gasteiger partial charge in [0.1, 0.15) is 5.75 Å². The Morgan fingerprint density at radius 1 is 0.931 bits per heavy atom. The van der Waals surface area contributed by atoms with Crippen molar-refractivity contribution in [3.05, 3.63) is 24.0 Å². The molecule has 162 valence electrons. The van der Waals surface area contributed by atoms with Crippen LogP contribution in [0.3, 0.4) is 0 Å². The number of esters is 1. The number of carbonyl (C=O) groups excluding carboxylic acids is 1. The van der Waals surface area contributed by atoms with Crippen LogP contribution in [0.4, 0.5) is 0 Å². The fourth-order valence-corrected chi connectivity index (χ4v) is 5.56. The second-order valence-electron chi connectivity index (χ2n) is 9.54. The van der Waals surface area contributed by atoms with Gasteiger partial charge in [0, 0.05) is 5.69 Å². The van der Waals surface area contributed by atoms with Crippen LogP contribution in [-0.2, 0) is 11.2 Å². The van der Waals surface area contributed by atoms with Gasteiger partial charge in [-0.25, -0.2) is 0 Å². The molecule has 0 N–H and O–H groups in total. The Morgan fingerprint density at radius 2 is 1.62 bits per heavy atom. The zero-order chi connectivity index (χ0) is 20.5. The number of aromatic nitrogens is 1. The van der Waals surface area contributed by atoms with Crippen molar-refractivity contribution in [2.75, 3.05) is 0 Å². The molecule has 3 heteroatoms. The van der Waals surface area contributed by atoms with Crippen molar-refractivity contribution in [3.8, 4) is 5.75 Å². The molecule has 0 aliphatic heterocycles. The largest absolute Gasteiger partial charge is 0.425 e. The number of rotatable bonds is 9. The summed E-state index contributed by atoms with van der Waals surface area (Å²) in [5.74, 6) is 3.36. The molecule has 2 saturated carbocycles. The summed E-state index contributed by atoms with van der Waals surface area (Å²) in [6.45, 7) is 4.52. The number of unbranched alkanes of at least 4 members (excludes halogenated alkanes) is 2. The molecule has 0 unspecified atom stereocenters. The lowest BCUT2D eigenvalue weighted by atomic mass is 9.69. The lowest BCUT2D eigenvalue weighted by Gasteiger charge is -2.37. The maximum atomic E-state index is 12.6. The predicted octanol–water partition coefficient (Wildman–Crippen LogP) is 7.13. The second kappa shape index (κ2) is 11.7. The van der Waals surface area contributed by atoms with Crippen LogP contribution in [-0.4, -0.2) is 11.0 Å². The van der Waals surface area contributed by atoms with Crippen LogP contribution in [0.5, 0.6) is 5.75 Å². The van der Waals surface area contributed by atoms with Crippen molar-refractivity contribution in [1.82, 2.24) is 4.98 Å². The molecule has 2 aliphatic rings. The summed E-state index contributed by atoms with van der Waals surface area (Å²) in [4.78, 5) is 17.1. The number of hydrogen-bond donors (Lipinski definition) is 0. The molecule has 0 bridgehead atoms. The number of nitrogens with zero attached hydrogens (tertiary/aromatic N) is 1. The average Bonchev–Trinajstić information content (AvgIpc) is 2.76. The summed E-state index contributed by atoms with van der Waals surface area (Å²) in [7, 11) is 0. The van der Waals surface area contributed by atoms with Gasteiger partial charge in [-0.1, -0.05) is 52.4 Å². The Bertz CT molecular complexity index is 596. The standard InChI is InChI=1S/C26H41NO2/c1-3-5-6-8-24-17-18-25(19-27-24)29-26(28)23-15-13-22(14-16-23)21-11-9-20(7-4-2)10-12-21/h17-23H,3-16H2,1-2H3. The Kier molecular flexibility index (Phi) is 9.01. The third-order valence-corrected chi connectivity index (χ3v) is 7.41. The predicted molar refractivity (Wildman–Crippen MR) is 119 cm³/mol. The van der Waals surface area contributed by atoms with Gasteiger partial charge in [-0.2, -0.15) is 0 Å². The molecule has 0 radical (unpaired) electrons. The summed E-state index contributed by atoms with van der Waals surface area (Å²) < 4.78 is 5.65. The Morgan fingerprint density at radius 3 is 2.21 bits per heavy atom. The molecule has 0 spiro atoms. The van der Waals surface area contributed by atoms with Gasteiger partial charge in [0.2, 0.25) is 0 Å². The third kappa shape index (κ3) is 6.83. The van der Waals surface area contributed by atoms with E-state index in [1.807, 2.05) is 12.1 Å². The van der Waals surface area contributed by atoms with Crippen molar-refractivity contribution in [3.63, 3.8) is 0 Å². The number of carbonyl (C=O) groups is 1. The molecule has 1 aromatic rings. The van der Waals surface area contributed by atoms with Gasteiger partial charge in [-0.05, 0) is 81.3 Å². The SMILES string of the molecule is CCCCCc1ccc(OC(=O)C2CCC(C3CCC(CCC)CC3)CC2)cn1. The zero-order valence-corrected chi connectivity index (χ0v) is 18.7. The highest BCUT2D eigenvalue weighted by Gasteiger charge is 2.33. The van der Waals surface area contributed by atoms with Crippen LogP contribution < -0.4 is 4.74 Å². The molecule has 1 heterocycles. The van der Waals surface area contributed by atoms with Crippen molar-refractivity contribution in [1.29, 1.82) is 0 Å². The molecule has 2 fully saturated rings. The molecular formula is C26H41NO2. The summed E-state index contributed by atoms with van der Waals surface area (Å²) in [5, 5.41) is 0.